The molecule has 0 bridgehead atoms. The summed E-state index contributed by atoms with van der Waals surface area (Å²) in [5.41, 5.74) is 1.06. The zero-order valence-corrected chi connectivity index (χ0v) is 12.8. The predicted molar refractivity (Wildman–Crippen MR) is 81.3 cm³/mol. The molecule has 7 heteroatoms. The number of hydrogen-bond donors (Lipinski definition) is 1. The van der Waals surface area contributed by atoms with Crippen molar-refractivity contribution in [2.24, 2.45) is 0 Å². The Morgan fingerprint density at radius 1 is 0.619 bits per heavy atom. The fourth-order valence-electron chi connectivity index (χ4n) is 1.84. The molecule has 0 spiro atoms. The smallest absolute Gasteiger partial charge is 0.211 e. The number of hydrogen-bond acceptors (Lipinski definition) is 4. The number of nitrogens with one attached hydrogen (secondary N) is 1. The molecule has 1 N–H and O–H groups in total. The highest BCUT2D eigenvalue weighted by atomic mass is 32.3. The molecule has 0 fully saturated rings. The van der Waals surface area contributed by atoms with Gasteiger partial charge in [-0.1, -0.05) is 60.7 Å². The van der Waals surface area contributed by atoms with Crippen LogP contribution in [0.4, 0.5) is 0 Å². The maximum atomic E-state index is 11.9. The Morgan fingerprint density at radius 3 is 1.29 bits per heavy atom. The standard InChI is InChI=1S/C14H15NO4S2/c16-20(17,11-13-7-3-1-4-8-13)15-21(18,19)12-14-9-5-2-6-10-14/h1-10,15H,11-12H2. The molecule has 112 valence electrons. The van der Waals surface area contributed by atoms with Crippen molar-refractivity contribution in [1.82, 2.24) is 4.13 Å². The molecule has 21 heavy (non-hydrogen) atoms. The first-order chi connectivity index (χ1) is 9.86. The maximum absolute atomic E-state index is 11.9. The highest BCUT2D eigenvalue weighted by Crippen LogP contribution is 2.08. The van der Waals surface area contributed by atoms with Crippen molar-refractivity contribution in [3.05, 3.63) is 71.8 Å². The van der Waals surface area contributed by atoms with E-state index in [0.29, 0.717) is 11.1 Å². The Labute approximate surface area is 124 Å². The Kier molecular flexibility index (Phi) is 4.76. The molecular weight excluding hydrogens is 310 g/mol. The highest BCUT2D eigenvalue weighted by molar-refractivity contribution is 8.03. The largest absolute Gasteiger partial charge is 0.228 e. The van der Waals surface area contributed by atoms with E-state index >= 15 is 0 Å². The summed E-state index contributed by atoms with van der Waals surface area (Å²) in [5, 5.41) is 0. The van der Waals surface area contributed by atoms with Crippen molar-refractivity contribution >= 4 is 20.0 Å². The average molecular weight is 325 g/mol. The SMILES string of the molecule is O=S(=O)(Cc1ccccc1)NS(=O)(=O)Cc1ccccc1. The molecule has 0 aliphatic heterocycles. The summed E-state index contributed by atoms with van der Waals surface area (Å²) >= 11 is 0. The summed E-state index contributed by atoms with van der Waals surface area (Å²) < 4.78 is 49.4. The molecule has 0 aliphatic carbocycles. The van der Waals surface area contributed by atoms with Crippen LogP contribution in [-0.4, -0.2) is 16.8 Å². The minimum Gasteiger partial charge on any atom is -0.211 e. The summed E-state index contributed by atoms with van der Waals surface area (Å²) in [7, 11) is -7.90. The van der Waals surface area contributed by atoms with Gasteiger partial charge in [-0.3, -0.25) is 0 Å². The number of rotatable bonds is 6. The molecule has 0 saturated carbocycles. The minimum atomic E-state index is -3.95. The van der Waals surface area contributed by atoms with Crippen LogP contribution in [0.15, 0.2) is 60.7 Å². The molecule has 0 aromatic heterocycles. The molecule has 2 aromatic carbocycles. The molecule has 0 heterocycles. The lowest BCUT2D eigenvalue weighted by molar-refractivity contribution is 0.576. The molecule has 5 nitrogen and oxygen atoms in total. The van der Waals surface area contributed by atoms with Gasteiger partial charge in [0, 0.05) is 0 Å². The Balaban J connectivity index is 2.09. The van der Waals surface area contributed by atoms with Crippen molar-refractivity contribution in [2.75, 3.05) is 0 Å². The second-order valence-corrected chi connectivity index (χ2v) is 8.28. The van der Waals surface area contributed by atoms with Gasteiger partial charge in [0.15, 0.2) is 0 Å². The molecular formula is C14H15NO4S2. The molecule has 0 atom stereocenters. The fraction of sp³-hybridized carbons (Fsp3) is 0.143. The van der Waals surface area contributed by atoms with Crippen LogP contribution in [0.3, 0.4) is 0 Å². The summed E-state index contributed by atoms with van der Waals surface area (Å²) in [4.78, 5) is 0. The van der Waals surface area contributed by atoms with Gasteiger partial charge in [0.05, 0.1) is 11.5 Å². The van der Waals surface area contributed by atoms with E-state index in [2.05, 4.69) is 0 Å². The van der Waals surface area contributed by atoms with Crippen LogP contribution in [0.25, 0.3) is 0 Å². The Hall–Kier alpha value is -1.70. The first-order valence-electron chi connectivity index (χ1n) is 6.18. The van der Waals surface area contributed by atoms with Crippen LogP contribution in [0.1, 0.15) is 11.1 Å². The predicted octanol–water partition coefficient (Wildman–Crippen LogP) is 1.64. The van der Waals surface area contributed by atoms with E-state index in [1.165, 1.54) is 0 Å². The Bertz CT molecular complexity index is 716. The first kappa shape index (κ1) is 15.7. The maximum Gasteiger partial charge on any atom is 0.228 e. The van der Waals surface area contributed by atoms with Crippen LogP contribution in [0.2, 0.25) is 0 Å². The lowest BCUT2D eigenvalue weighted by Gasteiger charge is -2.08. The summed E-state index contributed by atoms with van der Waals surface area (Å²) in [6, 6.07) is 16.8. The quantitative estimate of drug-likeness (QED) is 0.875. The van der Waals surface area contributed by atoms with Gasteiger partial charge in [-0.2, -0.15) is 0 Å². The molecule has 0 unspecified atom stereocenters. The lowest BCUT2D eigenvalue weighted by Crippen LogP contribution is -2.32. The molecule has 2 aromatic rings. The molecule has 0 saturated heterocycles. The summed E-state index contributed by atoms with van der Waals surface area (Å²) in [5.74, 6) is -0.746. The topological polar surface area (TPSA) is 80.3 Å². The monoisotopic (exact) mass is 325 g/mol. The second kappa shape index (κ2) is 6.38. The van der Waals surface area contributed by atoms with Crippen LogP contribution in [0.5, 0.6) is 0 Å². The van der Waals surface area contributed by atoms with E-state index in [4.69, 9.17) is 0 Å². The third-order valence-electron chi connectivity index (χ3n) is 2.65. The highest BCUT2D eigenvalue weighted by Gasteiger charge is 2.21. The lowest BCUT2D eigenvalue weighted by atomic mass is 10.2. The third-order valence-corrected chi connectivity index (χ3v) is 6.11. The van der Waals surface area contributed by atoms with Crippen LogP contribution in [-0.2, 0) is 31.6 Å². The molecule has 0 amide bonds. The number of benzene rings is 2. The van der Waals surface area contributed by atoms with Crippen molar-refractivity contribution in [3.8, 4) is 0 Å². The van der Waals surface area contributed by atoms with Crippen molar-refractivity contribution in [2.45, 2.75) is 11.5 Å². The Morgan fingerprint density at radius 2 is 0.952 bits per heavy atom. The van der Waals surface area contributed by atoms with E-state index in [1.807, 2.05) is 0 Å². The first-order valence-corrected chi connectivity index (χ1v) is 9.49. The van der Waals surface area contributed by atoms with Crippen molar-refractivity contribution < 1.29 is 16.8 Å². The van der Waals surface area contributed by atoms with Gasteiger partial charge >= 0.3 is 0 Å². The third kappa shape index (κ3) is 5.30. The van der Waals surface area contributed by atoms with E-state index in [-0.39, 0.29) is 11.5 Å². The summed E-state index contributed by atoms with van der Waals surface area (Å²) in [6.07, 6.45) is 0. The van der Waals surface area contributed by atoms with E-state index in [0.717, 1.165) is 0 Å². The van der Waals surface area contributed by atoms with E-state index < -0.39 is 20.0 Å². The van der Waals surface area contributed by atoms with Gasteiger partial charge in [0.25, 0.3) is 0 Å². The van der Waals surface area contributed by atoms with Gasteiger partial charge in [0.2, 0.25) is 20.0 Å². The van der Waals surface area contributed by atoms with Crippen LogP contribution < -0.4 is 4.13 Å². The van der Waals surface area contributed by atoms with Crippen molar-refractivity contribution in [3.63, 3.8) is 0 Å². The average Bonchev–Trinajstić information content (AvgIpc) is 2.38. The van der Waals surface area contributed by atoms with Crippen molar-refractivity contribution in [1.29, 1.82) is 0 Å². The number of sulfonamides is 2. The normalized spacial score (nSPS) is 12.2. The fourth-order valence-corrected chi connectivity index (χ4v) is 5.12. The zero-order valence-electron chi connectivity index (χ0n) is 11.1. The van der Waals surface area contributed by atoms with Gasteiger partial charge in [-0.25, -0.2) is 16.8 Å². The van der Waals surface area contributed by atoms with Crippen LogP contribution >= 0.6 is 0 Å². The van der Waals surface area contributed by atoms with Gasteiger partial charge in [-0.05, 0) is 11.1 Å². The van der Waals surface area contributed by atoms with Gasteiger partial charge in [0.1, 0.15) is 0 Å². The van der Waals surface area contributed by atoms with E-state index in [9.17, 15) is 16.8 Å². The van der Waals surface area contributed by atoms with Gasteiger partial charge < -0.3 is 0 Å². The van der Waals surface area contributed by atoms with E-state index in [1.54, 1.807) is 64.8 Å². The summed E-state index contributed by atoms with van der Waals surface area (Å²) in [6.45, 7) is 0. The minimum absolute atomic E-state index is 0.373. The molecule has 0 radical (unpaired) electrons. The van der Waals surface area contributed by atoms with Gasteiger partial charge in [-0.15, -0.1) is 4.13 Å². The second-order valence-electron chi connectivity index (χ2n) is 4.57. The van der Waals surface area contributed by atoms with Crippen LogP contribution in [0, 0.1) is 0 Å². The molecule has 2 rings (SSSR count). The zero-order chi connectivity index (χ0) is 15.3. The molecule has 0 aliphatic rings.